The molecule has 0 aliphatic carbocycles. The summed E-state index contributed by atoms with van der Waals surface area (Å²) >= 11 is 0. The smallest absolute Gasteiger partial charge is 0.227 e. The highest BCUT2D eigenvalue weighted by Crippen LogP contribution is 2.32. The molecule has 0 spiro atoms. The minimum absolute atomic E-state index is 0.0201. The van der Waals surface area contributed by atoms with Crippen molar-refractivity contribution < 1.29 is 18.7 Å². The molecular formula is C18H21FN2O3. The number of rotatable bonds is 3. The molecule has 0 aromatic heterocycles. The largest absolute Gasteiger partial charge is 0.495 e. The summed E-state index contributed by atoms with van der Waals surface area (Å²) in [6.07, 6.45) is 2.88. The van der Waals surface area contributed by atoms with Crippen LogP contribution in [-0.2, 0) is 9.59 Å². The van der Waals surface area contributed by atoms with Crippen molar-refractivity contribution in [3.8, 4) is 5.75 Å². The summed E-state index contributed by atoms with van der Waals surface area (Å²) in [4.78, 5) is 28.2. The highest BCUT2D eigenvalue weighted by atomic mass is 19.1. The van der Waals surface area contributed by atoms with Crippen LogP contribution in [-0.4, -0.2) is 43.5 Å². The summed E-state index contributed by atoms with van der Waals surface area (Å²) in [5.74, 6) is -0.0635. The SMILES string of the molecule is COc1ccccc1N1CC(C(=O)N2CCC=C(F)C2)CCC1=O. The zero-order valence-corrected chi connectivity index (χ0v) is 13.7. The summed E-state index contributed by atoms with van der Waals surface area (Å²) in [5, 5.41) is 0. The van der Waals surface area contributed by atoms with Gasteiger partial charge in [-0.25, -0.2) is 4.39 Å². The van der Waals surface area contributed by atoms with Gasteiger partial charge in [-0.05, 0) is 31.1 Å². The minimum Gasteiger partial charge on any atom is -0.495 e. The van der Waals surface area contributed by atoms with E-state index in [-0.39, 0.29) is 30.1 Å². The van der Waals surface area contributed by atoms with E-state index >= 15 is 0 Å². The van der Waals surface area contributed by atoms with Crippen LogP contribution in [0.4, 0.5) is 10.1 Å². The van der Waals surface area contributed by atoms with Crippen molar-refractivity contribution in [2.45, 2.75) is 19.3 Å². The molecule has 128 valence electrons. The quantitative estimate of drug-likeness (QED) is 0.855. The summed E-state index contributed by atoms with van der Waals surface area (Å²) in [7, 11) is 1.55. The van der Waals surface area contributed by atoms with Crippen LogP contribution >= 0.6 is 0 Å². The fourth-order valence-electron chi connectivity index (χ4n) is 3.28. The second-order valence-electron chi connectivity index (χ2n) is 6.11. The van der Waals surface area contributed by atoms with E-state index in [1.54, 1.807) is 23.0 Å². The Hall–Kier alpha value is -2.37. The normalized spacial score (nSPS) is 21.5. The first-order chi connectivity index (χ1) is 11.6. The van der Waals surface area contributed by atoms with Gasteiger partial charge in [0.2, 0.25) is 11.8 Å². The maximum atomic E-state index is 13.4. The van der Waals surface area contributed by atoms with Crippen LogP contribution in [0.5, 0.6) is 5.75 Å². The number of ether oxygens (including phenoxy) is 1. The van der Waals surface area contributed by atoms with Gasteiger partial charge in [-0.1, -0.05) is 12.1 Å². The first-order valence-corrected chi connectivity index (χ1v) is 8.17. The number of amides is 2. The molecule has 24 heavy (non-hydrogen) atoms. The molecule has 1 unspecified atom stereocenters. The molecule has 1 aromatic carbocycles. The molecule has 6 heteroatoms. The molecule has 1 fully saturated rings. The third kappa shape index (κ3) is 3.27. The number of para-hydroxylation sites is 2. The third-order valence-electron chi connectivity index (χ3n) is 4.55. The lowest BCUT2D eigenvalue weighted by molar-refractivity contribution is -0.136. The maximum Gasteiger partial charge on any atom is 0.227 e. The summed E-state index contributed by atoms with van der Waals surface area (Å²) in [5.41, 5.74) is 0.673. The van der Waals surface area contributed by atoms with Crippen LogP contribution in [0, 0.1) is 5.92 Å². The number of methoxy groups -OCH3 is 1. The molecule has 0 bridgehead atoms. The van der Waals surface area contributed by atoms with E-state index in [1.807, 2.05) is 18.2 Å². The predicted molar refractivity (Wildman–Crippen MR) is 88.5 cm³/mol. The first kappa shape index (κ1) is 16.5. The van der Waals surface area contributed by atoms with Crippen LogP contribution in [0.3, 0.4) is 0 Å². The average Bonchev–Trinajstić information content (AvgIpc) is 2.61. The number of piperidine rings is 1. The van der Waals surface area contributed by atoms with E-state index in [0.29, 0.717) is 43.8 Å². The van der Waals surface area contributed by atoms with Crippen molar-refractivity contribution in [2.75, 3.05) is 31.6 Å². The Labute approximate surface area is 140 Å². The lowest BCUT2D eigenvalue weighted by Gasteiger charge is -2.35. The van der Waals surface area contributed by atoms with Gasteiger partial charge < -0.3 is 14.5 Å². The van der Waals surface area contributed by atoms with Crippen molar-refractivity contribution in [1.29, 1.82) is 0 Å². The first-order valence-electron chi connectivity index (χ1n) is 8.17. The fourth-order valence-corrected chi connectivity index (χ4v) is 3.28. The number of benzene rings is 1. The van der Waals surface area contributed by atoms with E-state index in [4.69, 9.17) is 4.74 Å². The number of halogens is 1. The number of carbonyl (C=O) groups is 2. The summed E-state index contributed by atoms with van der Waals surface area (Å²) in [6.45, 7) is 0.878. The van der Waals surface area contributed by atoms with Crippen molar-refractivity contribution in [3.05, 3.63) is 36.2 Å². The van der Waals surface area contributed by atoms with Crippen molar-refractivity contribution in [1.82, 2.24) is 4.90 Å². The zero-order valence-electron chi connectivity index (χ0n) is 13.7. The van der Waals surface area contributed by atoms with Gasteiger partial charge in [-0.15, -0.1) is 0 Å². The molecule has 5 nitrogen and oxygen atoms in total. The topological polar surface area (TPSA) is 49.9 Å². The summed E-state index contributed by atoms with van der Waals surface area (Å²) < 4.78 is 18.8. The molecule has 2 heterocycles. The van der Waals surface area contributed by atoms with Crippen LogP contribution in [0.25, 0.3) is 0 Å². The lowest BCUT2D eigenvalue weighted by atomic mass is 9.95. The Kier molecular flexibility index (Phi) is 4.83. The second kappa shape index (κ2) is 7.03. The summed E-state index contributed by atoms with van der Waals surface area (Å²) in [6, 6.07) is 7.27. The van der Waals surface area contributed by atoms with Crippen LogP contribution in [0.15, 0.2) is 36.2 Å². The van der Waals surface area contributed by atoms with E-state index < -0.39 is 0 Å². The number of nitrogens with zero attached hydrogens (tertiary/aromatic N) is 2. The Morgan fingerprint density at radius 1 is 1.33 bits per heavy atom. The highest BCUT2D eigenvalue weighted by molar-refractivity contribution is 5.97. The van der Waals surface area contributed by atoms with E-state index in [2.05, 4.69) is 0 Å². The van der Waals surface area contributed by atoms with Gasteiger partial charge in [0, 0.05) is 19.5 Å². The van der Waals surface area contributed by atoms with Gasteiger partial charge in [0.1, 0.15) is 11.6 Å². The molecule has 2 amide bonds. The van der Waals surface area contributed by atoms with E-state index in [0.717, 1.165) is 0 Å². The predicted octanol–water partition coefficient (Wildman–Crippen LogP) is 2.52. The molecule has 0 saturated carbocycles. The highest BCUT2D eigenvalue weighted by Gasteiger charge is 2.35. The molecule has 2 aliphatic rings. The van der Waals surface area contributed by atoms with E-state index in [9.17, 15) is 14.0 Å². The lowest BCUT2D eigenvalue weighted by Crippen LogP contribution is -2.48. The Bertz CT molecular complexity index is 674. The van der Waals surface area contributed by atoms with Crippen LogP contribution < -0.4 is 9.64 Å². The van der Waals surface area contributed by atoms with Gasteiger partial charge >= 0.3 is 0 Å². The minimum atomic E-state index is -0.307. The standard InChI is InChI=1S/C18H21FN2O3/c1-24-16-7-3-2-6-15(16)21-11-13(8-9-17(21)22)18(23)20-10-4-5-14(19)12-20/h2-3,5-7,13H,4,8-12H2,1H3. The Morgan fingerprint density at radius 2 is 2.12 bits per heavy atom. The molecule has 0 N–H and O–H groups in total. The van der Waals surface area contributed by atoms with Crippen molar-refractivity contribution >= 4 is 17.5 Å². The Balaban J connectivity index is 1.77. The van der Waals surface area contributed by atoms with Gasteiger partial charge in [-0.2, -0.15) is 0 Å². The van der Waals surface area contributed by atoms with Crippen molar-refractivity contribution in [3.63, 3.8) is 0 Å². The van der Waals surface area contributed by atoms with Gasteiger partial charge in [0.15, 0.2) is 0 Å². The van der Waals surface area contributed by atoms with Gasteiger partial charge in [0.25, 0.3) is 0 Å². The number of carbonyl (C=O) groups excluding carboxylic acids is 2. The monoisotopic (exact) mass is 332 g/mol. The number of hydrogen-bond donors (Lipinski definition) is 0. The van der Waals surface area contributed by atoms with Gasteiger partial charge in [0.05, 0.1) is 25.3 Å². The van der Waals surface area contributed by atoms with Crippen LogP contribution in [0.2, 0.25) is 0 Å². The molecular weight excluding hydrogens is 311 g/mol. The van der Waals surface area contributed by atoms with E-state index in [1.165, 1.54) is 6.08 Å². The van der Waals surface area contributed by atoms with Crippen molar-refractivity contribution in [2.24, 2.45) is 5.92 Å². The molecule has 1 aromatic rings. The van der Waals surface area contributed by atoms with Crippen LogP contribution in [0.1, 0.15) is 19.3 Å². The second-order valence-corrected chi connectivity index (χ2v) is 6.11. The van der Waals surface area contributed by atoms with Gasteiger partial charge in [-0.3, -0.25) is 9.59 Å². The maximum absolute atomic E-state index is 13.4. The Morgan fingerprint density at radius 3 is 2.88 bits per heavy atom. The number of anilines is 1. The molecule has 3 rings (SSSR count). The molecule has 2 aliphatic heterocycles. The zero-order chi connectivity index (χ0) is 17.1. The fraction of sp³-hybridized carbons (Fsp3) is 0.444. The molecule has 1 atom stereocenters. The third-order valence-corrected chi connectivity index (χ3v) is 4.55. The molecule has 0 radical (unpaired) electrons. The average molecular weight is 332 g/mol. The number of hydrogen-bond acceptors (Lipinski definition) is 3. The molecule has 1 saturated heterocycles.